The van der Waals surface area contributed by atoms with Crippen molar-refractivity contribution in [2.45, 2.75) is 25.7 Å². The van der Waals surface area contributed by atoms with Gasteiger partial charge in [-0.05, 0) is 31.0 Å². The van der Waals surface area contributed by atoms with Crippen molar-refractivity contribution in [1.82, 2.24) is 0 Å². The van der Waals surface area contributed by atoms with Gasteiger partial charge < -0.3 is 10.0 Å². The molecule has 1 heterocycles. The normalized spacial score (nSPS) is 15.8. The van der Waals surface area contributed by atoms with Gasteiger partial charge in [0.25, 0.3) is 0 Å². The maximum atomic E-state index is 12.0. The van der Waals surface area contributed by atoms with Crippen LogP contribution < -0.4 is 4.90 Å². The van der Waals surface area contributed by atoms with Crippen molar-refractivity contribution in [3.8, 4) is 11.8 Å². The third-order valence-corrected chi connectivity index (χ3v) is 3.04. The Morgan fingerprint density at radius 2 is 2.17 bits per heavy atom. The molecule has 0 aliphatic carbocycles. The van der Waals surface area contributed by atoms with Crippen LogP contribution in [0.5, 0.6) is 0 Å². The number of amides is 1. The maximum absolute atomic E-state index is 12.0. The minimum atomic E-state index is -0.146. The first-order valence-corrected chi connectivity index (χ1v) is 6.31. The molecule has 0 saturated carbocycles. The number of anilines is 1. The van der Waals surface area contributed by atoms with Gasteiger partial charge in [-0.3, -0.25) is 4.79 Å². The molecule has 0 radical (unpaired) electrons. The number of hydrogen-bond acceptors (Lipinski definition) is 2. The monoisotopic (exact) mass is 243 g/mol. The first-order chi connectivity index (χ1) is 8.81. The molecule has 0 atom stereocenters. The maximum Gasteiger partial charge on any atom is 0.226 e. The SMILES string of the molecule is O=C1CCCCCN1c1cccc(C#CCO)c1. The average Bonchev–Trinajstić information content (AvgIpc) is 2.61. The van der Waals surface area contributed by atoms with E-state index in [9.17, 15) is 4.79 Å². The van der Waals surface area contributed by atoms with Crippen LogP contribution in [-0.4, -0.2) is 24.2 Å². The molecular formula is C15H17NO2. The number of nitrogens with zero attached hydrogens (tertiary/aromatic N) is 1. The van der Waals surface area contributed by atoms with Gasteiger partial charge in [0, 0.05) is 24.2 Å². The summed E-state index contributed by atoms with van der Waals surface area (Å²) >= 11 is 0. The summed E-state index contributed by atoms with van der Waals surface area (Å²) in [4.78, 5) is 13.8. The quantitative estimate of drug-likeness (QED) is 0.766. The van der Waals surface area contributed by atoms with E-state index in [2.05, 4.69) is 11.8 Å². The van der Waals surface area contributed by atoms with Crippen LogP contribution in [0, 0.1) is 11.8 Å². The van der Waals surface area contributed by atoms with E-state index >= 15 is 0 Å². The molecule has 94 valence electrons. The standard InChI is InChI=1S/C15H17NO2/c17-11-5-7-13-6-4-8-14(12-13)16-10-3-1-2-9-15(16)18/h4,6,8,12,17H,1-3,9-11H2. The summed E-state index contributed by atoms with van der Waals surface area (Å²) in [5, 5.41) is 8.69. The zero-order chi connectivity index (χ0) is 12.8. The third-order valence-electron chi connectivity index (χ3n) is 3.04. The van der Waals surface area contributed by atoms with Crippen LogP contribution >= 0.6 is 0 Å². The van der Waals surface area contributed by atoms with Crippen LogP contribution in [0.1, 0.15) is 31.2 Å². The Hall–Kier alpha value is -1.79. The van der Waals surface area contributed by atoms with Crippen LogP contribution in [0.25, 0.3) is 0 Å². The second kappa shape index (κ2) is 6.23. The number of aliphatic hydroxyl groups excluding tert-OH is 1. The van der Waals surface area contributed by atoms with Gasteiger partial charge in [-0.25, -0.2) is 0 Å². The van der Waals surface area contributed by atoms with Gasteiger partial charge in [0.15, 0.2) is 0 Å². The Morgan fingerprint density at radius 1 is 1.28 bits per heavy atom. The lowest BCUT2D eigenvalue weighted by atomic mass is 10.2. The Bertz CT molecular complexity index is 485. The fourth-order valence-corrected chi connectivity index (χ4v) is 2.15. The van der Waals surface area contributed by atoms with Gasteiger partial charge in [0.2, 0.25) is 5.91 Å². The lowest BCUT2D eigenvalue weighted by Gasteiger charge is -2.20. The van der Waals surface area contributed by atoms with Gasteiger partial charge in [-0.1, -0.05) is 24.3 Å². The Labute approximate surface area is 107 Å². The highest BCUT2D eigenvalue weighted by Gasteiger charge is 2.17. The molecule has 18 heavy (non-hydrogen) atoms. The molecule has 1 aromatic rings. The highest BCUT2D eigenvalue weighted by Crippen LogP contribution is 2.21. The predicted octanol–water partition coefficient (Wildman–Crippen LogP) is 1.94. The summed E-state index contributed by atoms with van der Waals surface area (Å²) in [6, 6.07) is 7.63. The molecule has 1 amide bonds. The molecule has 1 aliphatic rings. The molecule has 3 nitrogen and oxygen atoms in total. The highest BCUT2D eigenvalue weighted by molar-refractivity contribution is 5.93. The third kappa shape index (κ3) is 3.12. The van der Waals surface area contributed by atoms with E-state index in [0.717, 1.165) is 37.1 Å². The number of aliphatic hydroxyl groups is 1. The van der Waals surface area contributed by atoms with E-state index < -0.39 is 0 Å². The fourth-order valence-electron chi connectivity index (χ4n) is 2.15. The van der Waals surface area contributed by atoms with Crippen molar-refractivity contribution in [2.75, 3.05) is 18.1 Å². The van der Waals surface area contributed by atoms with Crippen LogP contribution in [0.2, 0.25) is 0 Å². The fraction of sp³-hybridized carbons (Fsp3) is 0.400. The van der Waals surface area contributed by atoms with Crippen molar-refractivity contribution < 1.29 is 9.90 Å². The molecular weight excluding hydrogens is 226 g/mol. The van der Waals surface area contributed by atoms with Crippen LogP contribution in [-0.2, 0) is 4.79 Å². The van der Waals surface area contributed by atoms with Crippen LogP contribution in [0.3, 0.4) is 0 Å². The minimum Gasteiger partial charge on any atom is -0.384 e. The molecule has 1 saturated heterocycles. The van der Waals surface area contributed by atoms with Gasteiger partial charge in [0.05, 0.1) is 0 Å². The van der Waals surface area contributed by atoms with Crippen molar-refractivity contribution in [3.63, 3.8) is 0 Å². The van der Waals surface area contributed by atoms with Crippen molar-refractivity contribution in [2.24, 2.45) is 0 Å². The number of carbonyl (C=O) groups is 1. The Morgan fingerprint density at radius 3 is 3.00 bits per heavy atom. The van der Waals surface area contributed by atoms with E-state index in [1.54, 1.807) is 0 Å². The predicted molar refractivity (Wildman–Crippen MR) is 71.2 cm³/mol. The molecule has 1 N–H and O–H groups in total. The lowest BCUT2D eigenvalue weighted by molar-refractivity contribution is -0.118. The molecule has 0 aromatic heterocycles. The number of carbonyl (C=O) groups excluding carboxylic acids is 1. The number of rotatable bonds is 1. The number of hydrogen-bond donors (Lipinski definition) is 1. The topological polar surface area (TPSA) is 40.5 Å². The largest absolute Gasteiger partial charge is 0.384 e. The molecule has 2 rings (SSSR count). The smallest absolute Gasteiger partial charge is 0.226 e. The average molecular weight is 243 g/mol. The van der Waals surface area contributed by atoms with E-state index in [-0.39, 0.29) is 12.5 Å². The summed E-state index contributed by atoms with van der Waals surface area (Å²) in [7, 11) is 0. The summed E-state index contributed by atoms with van der Waals surface area (Å²) in [6.45, 7) is 0.641. The van der Waals surface area contributed by atoms with E-state index in [1.807, 2.05) is 29.2 Å². The summed E-state index contributed by atoms with van der Waals surface area (Å²) in [5.41, 5.74) is 1.74. The second-order valence-corrected chi connectivity index (χ2v) is 4.37. The summed E-state index contributed by atoms with van der Waals surface area (Å²) < 4.78 is 0. The first-order valence-electron chi connectivity index (χ1n) is 6.31. The van der Waals surface area contributed by atoms with Gasteiger partial charge in [-0.2, -0.15) is 0 Å². The van der Waals surface area contributed by atoms with Gasteiger partial charge in [0.1, 0.15) is 6.61 Å². The molecule has 0 spiro atoms. The molecule has 3 heteroatoms. The van der Waals surface area contributed by atoms with Crippen molar-refractivity contribution >= 4 is 11.6 Å². The summed E-state index contributed by atoms with van der Waals surface area (Å²) in [5.74, 6) is 5.68. The van der Waals surface area contributed by atoms with E-state index in [1.165, 1.54) is 0 Å². The second-order valence-electron chi connectivity index (χ2n) is 4.37. The molecule has 0 bridgehead atoms. The van der Waals surface area contributed by atoms with E-state index in [0.29, 0.717) is 6.42 Å². The molecule has 1 fully saturated rings. The van der Waals surface area contributed by atoms with Crippen molar-refractivity contribution in [3.05, 3.63) is 29.8 Å². The van der Waals surface area contributed by atoms with Gasteiger partial charge in [-0.15, -0.1) is 0 Å². The van der Waals surface area contributed by atoms with Crippen LogP contribution in [0.4, 0.5) is 5.69 Å². The summed E-state index contributed by atoms with van der Waals surface area (Å²) in [6.07, 6.45) is 3.79. The van der Waals surface area contributed by atoms with E-state index in [4.69, 9.17) is 5.11 Å². The molecule has 1 aliphatic heterocycles. The molecule has 0 unspecified atom stereocenters. The zero-order valence-corrected chi connectivity index (χ0v) is 10.4. The van der Waals surface area contributed by atoms with Crippen molar-refractivity contribution in [1.29, 1.82) is 0 Å². The van der Waals surface area contributed by atoms with Crippen LogP contribution in [0.15, 0.2) is 24.3 Å². The first kappa shape index (κ1) is 12.7. The zero-order valence-electron chi connectivity index (χ0n) is 10.4. The minimum absolute atomic E-state index is 0.146. The number of benzene rings is 1. The highest BCUT2D eigenvalue weighted by atomic mass is 16.2. The Balaban J connectivity index is 2.23. The lowest BCUT2D eigenvalue weighted by Crippen LogP contribution is -2.29. The van der Waals surface area contributed by atoms with Gasteiger partial charge >= 0.3 is 0 Å². The Kier molecular flexibility index (Phi) is 4.38. The molecule has 1 aromatic carbocycles.